The van der Waals surface area contributed by atoms with Crippen LogP contribution in [-0.4, -0.2) is 17.0 Å². The summed E-state index contributed by atoms with van der Waals surface area (Å²) in [6.45, 7) is 0.350. The zero-order valence-electron chi connectivity index (χ0n) is 12.8. The molecule has 0 aliphatic rings. The summed E-state index contributed by atoms with van der Waals surface area (Å²) in [4.78, 5) is 23.7. The zero-order chi connectivity index (χ0) is 16.9. The van der Waals surface area contributed by atoms with Gasteiger partial charge in [0.05, 0.1) is 0 Å². The summed E-state index contributed by atoms with van der Waals surface area (Å²) in [6, 6.07) is 20.0. The minimum atomic E-state index is -0.568. The lowest BCUT2D eigenvalue weighted by Gasteiger charge is -2.08. The fourth-order valence-electron chi connectivity index (χ4n) is 2.54. The molecule has 0 heterocycles. The van der Waals surface area contributed by atoms with Gasteiger partial charge in [-0.15, -0.1) is 0 Å². The predicted molar refractivity (Wildman–Crippen MR) is 90.8 cm³/mol. The van der Waals surface area contributed by atoms with E-state index in [1.54, 1.807) is 35.8 Å². The molecule has 0 aromatic heterocycles. The van der Waals surface area contributed by atoms with Gasteiger partial charge in [-0.25, -0.2) is 5.48 Å². The maximum atomic E-state index is 12.4. The number of hydrogen-bond donors (Lipinski definition) is 3. The molecule has 3 N–H and O–H groups in total. The Bertz CT molecular complexity index is 883. The highest BCUT2D eigenvalue weighted by atomic mass is 16.5. The summed E-state index contributed by atoms with van der Waals surface area (Å²) in [5, 5.41) is 13.4. The SMILES string of the molecule is O=C(NO)c1ccc(CNC(=O)c2cccc3ccccc23)cc1. The zero-order valence-corrected chi connectivity index (χ0v) is 12.8. The van der Waals surface area contributed by atoms with Crippen LogP contribution in [0.3, 0.4) is 0 Å². The Morgan fingerprint density at radius 1 is 0.833 bits per heavy atom. The van der Waals surface area contributed by atoms with Crippen LogP contribution in [0.4, 0.5) is 0 Å². The van der Waals surface area contributed by atoms with Crippen molar-refractivity contribution in [1.29, 1.82) is 0 Å². The van der Waals surface area contributed by atoms with E-state index in [4.69, 9.17) is 5.21 Å². The number of benzene rings is 3. The molecule has 0 bridgehead atoms. The number of amides is 2. The monoisotopic (exact) mass is 320 g/mol. The van der Waals surface area contributed by atoms with Gasteiger partial charge < -0.3 is 5.32 Å². The van der Waals surface area contributed by atoms with E-state index >= 15 is 0 Å². The van der Waals surface area contributed by atoms with Crippen LogP contribution in [0.25, 0.3) is 10.8 Å². The molecule has 5 heteroatoms. The van der Waals surface area contributed by atoms with Crippen molar-refractivity contribution in [2.24, 2.45) is 0 Å². The van der Waals surface area contributed by atoms with Gasteiger partial charge in [-0.05, 0) is 34.5 Å². The van der Waals surface area contributed by atoms with Crippen molar-refractivity contribution in [3.8, 4) is 0 Å². The molecule has 3 aromatic rings. The highest BCUT2D eigenvalue weighted by molar-refractivity contribution is 6.07. The smallest absolute Gasteiger partial charge is 0.274 e. The average molecular weight is 320 g/mol. The Labute approximate surface area is 138 Å². The first-order valence-corrected chi connectivity index (χ1v) is 7.48. The van der Waals surface area contributed by atoms with Gasteiger partial charge in [0.1, 0.15) is 0 Å². The minimum absolute atomic E-state index is 0.149. The Morgan fingerprint density at radius 2 is 1.54 bits per heavy atom. The standard InChI is InChI=1S/C19H16N2O3/c22-18(21-24)15-10-8-13(9-11-15)12-20-19(23)17-7-3-5-14-4-1-2-6-16(14)17/h1-11,24H,12H2,(H,20,23)(H,21,22). The van der Waals surface area contributed by atoms with Gasteiger partial charge in [0.25, 0.3) is 11.8 Å². The van der Waals surface area contributed by atoms with Crippen LogP contribution >= 0.6 is 0 Å². The van der Waals surface area contributed by atoms with E-state index in [9.17, 15) is 9.59 Å². The summed E-state index contributed by atoms with van der Waals surface area (Å²) < 4.78 is 0. The second-order valence-corrected chi connectivity index (χ2v) is 5.35. The second kappa shape index (κ2) is 6.93. The van der Waals surface area contributed by atoms with Gasteiger partial charge in [0, 0.05) is 17.7 Å². The molecular weight excluding hydrogens is 304 g/mol. The number of hydrogen-bond acceptors (Lipinski definition) is 3. The van der Waals surface area contributed by atoms with E-state index in [2.05, 4.69) is 5.32 Å². The van der Waals surface area contributed by atoms with Crippen molar-refractivity contribution in [3.05, 3.63) is 83.4 Å². The molecule has 3 rings (SSSR count). The summed E-state index contributed by atoms with van der Waals surface area (Å²) in [7, 11) is 0. The topological polar surface area (TPSA) is 78.4 Å². The van der Waals surface area contributed by atoms with Gasteiger partial charge in [-0.3, -0.25) is 14.8 Å². The van der Waals surface area contributed by atoms with Gasteiger partial charge in [0.15, 0.2) is 0 Å². The first-order chi connectivity index (χ1) is 11.7. The van der Waals surface area contributed by atoms with Crippen molar-refractivity contribution >= 4 is 22.6 Å². The van der Waals surface area contributed by atoms with Crippen LogP contribution in [0.5, 0.6) is 0 Å². The number of carbonyl (C=O) groups excluding carboxylic acids is 2. The number of nitrogens with one attached hydrogen (secondary N) is 2. The molecule has 0 atom stereocenters. The van der Waals surface area contributed by atoms with Crippen molar-refractivity contribution in [2.45, 2.75) is 6.54 Å². The second-order valence-electron chi connectivity index (χ2n) is 5.35. The summed E-state index contributed by atoms with van der Waals surface area (Å²) >= 11 is 0. The lowest BCUT2D eigenvalue weighted by Crippen LogP contribution is -2.23. The normalized spacial score (nSPS) is 10.4. The fraction of sp³-hybridized carbons (Fsp3) is 0.0526. The van der Waals surface area contributed by atoms with Crippen LogP contribution < -0.4 is 10.8 Å². The maximum Gasteiger partial charge on any atom is 0.274 e. The number of fused-ring (bicyclic) bond motifs is 1. The quantitative estimate of drug-likeness (QED) is 0.511. The molecule has 2 amide bonds. The molecular formula is C19H16N2O3. The Kier molecular flexibility index (Phi) is 4.54. The van der Waals surface area contributed by atoms with E-state index in [1.165, 1.54) is 0 Å². The molecule has 0 saturated carbocycles. The molecule has 0 spiro atoms. The largest absolute Gasteiger partial charge is 0.348 e. The molecule has 5 nitrogen and oxygen atoms in total. The predicted octanol–water partition coefficient (Wildman–Crippen LogP) is 2.89. The van der Waals surface area contributed by atoms with Crippen molar-refractivity contribution in [1.82, 2.24) is 10.8 Å². The minimum Gasteiger partial charge on any atom is -0.348 e. The third-order valence-corrected chi connectivity index (χ3v) is 3.81. The molecule has 120 valence electrons. The fourth-order valence-corrected chi connectivity index (χ4v) is 2.54. The first kappa shape index (κ1) is 15.7. The van der Waals surface area contributed by atoms with E-state index in [0.717, 1.165) is 16.3 Å². The Hall–Kier alpha value is -3.18. The summed E-state index contributed by atoms with van der Waals surface area (Å²) in [6.07, 6.45) is 0. The molecule has 24 heavy (non-hydrogen) atoms. The van der Waals surface area contributed by atoms with Crippen LogP contribution in [0.2, 0.25) is 0 Å². The van der Waals surface area contributed by atoms with Gasteiger partial charge >= 0.3 is 0 Å². The van der Waals surface area contributed by atoms with Crippen LogP contribution in [-0.2, 0) is 6.54 Å². The van der Waals surface area contributed by atoms with Crippen LogP contribution in [0.1, 0.15) is 26.3 Å². The number of rotatable bonds is 4. The van der Waals surface area contributed by atoms with Gasteiger partial charge in [-0.1, -0.05) is 48.5 Å². The third-order valence-electron chi connectivity index (χ3n) is 3.81. The average Bonchev–Trinajstić information content (AvgIpc) is 2.65. The van der Waals surface area contributed by atoms with Gasteiger partial charge in [-0.2, -0.15) is 0 Å². The van der Waals surface area contributed by atoms with E-state index in [0.29, 0.717) is 17.7 Å². The molecule has 0 radical (unpaired) electrons. The third kappa shape index (κ3) is 3.26. The number of hydroxylamine groups is 1. The van der Waals surface area contributed by atoms with Crippen molar-refractivity contribution in [2.75, 3.05) is 0 Å². The van der Waals surface area contributed by atoms with E-state index in [1.807, 2.05) is 36.4 Å². The maximum absolute atomic E-state index is 12.4. The first-order valence-electron chi connectivity index (χ1n) is 7.48. The van der Waals surface area contributed by atoms with Crippen LogP contribution in [0, 0.1) is 0 Å². The molecule has 0 aliphatic carbocycles. The number of carbonyl (C=O) groups is 2. The highest BCUT2D eigenvalue weighted by Gasteiger charge is 2.09. The highest BCUT2D eigenvalue weighted by Crippen LogP contribution is 2.18. The van der Waals surface area contributed by atoms with E-state index in [-0.39, 0.29) is 5.91 Å². The van der Waals surface area contributed by atoms with Crippen LogP contribution in [0.15, 0.2) is 66.7 Å². The lowest BCUT2D eigenvalue weighted by atomic mass is 10.0. The Balaban J connectivity index is 1.72. The lowest BCUT2D eigenvalue weighted by molar-refractivity contribution is 0.0706. The van der Waals surface area contributed by atoms with Gasteiger partial charge in [0.2, 0.25) is 0 Å². The van der Waals surface area contributed by atoms with Crippen molar-refractivity contribution < 1.29 is 14.8 Å². The van der Waals surface area contributed by atoms with E-state index < -0.39 is 5.91 Å². The van der Waals surface area contributed by atoms with Crippen molar-refractivity contribution in [3.63, 3.8) is 0 Å². The molecule has 0 fully saturated rings. The Morgan fingerprint density at radius 3 is 2.29 bits per heavy atom. The summed E-state index contributed by atoms with van der Waals surface area (Å²) in [5.41, 5.74) is 3.42. The molecule has 0 aliphatic heterocycles. The molecule has 3 aromatic carbocycles. The molecule has 0 saturated heterocycles. The summed E-state index contributed by atoms with van der Waals surface area (Å²) in [5.74, 6) is -0.717. The molecule has 0 unspecified atom stereocenters.